The summed E-state index contributed by atoms with van der Waals surface area (Å²) in [4.78, 5) is 6.50. The number of ether oxygens (including phenoxy) is 1. The molecule has 0 amide bonds. The molecule has 84 valence electrons. The van der Waals surface area contributed by atoms with Crippen molar-refractivity contribution >= 4 is 0 Å². The fourth-order valence-electron chi connectivity index (χ4n) is 1.95. The Bertz CT molecular complexity index is 284. The Balaban J connectivity index is 1.88. The second-order valence-electron chi connectivity index (χ2n) is 4.34. The molecule has 1 aliphatic heterocycles. The van der Waals surface area contributed by atoms with E-state index in [0.717, 1.165) is 26.2 Å². The van der Waals surface area contributed by atoms with Crippen molar-refractivity contribution in [2.24, 2.45) is 0 Å². The third-order valence-electron chi connectivity index (χ3n) is 2.87. The summed E-state index contributed by atoms with van der Waals surface area (Å²) in [5.41, 5.74) is 0. The largest absolute Gasteiger partial charge is 0.374 e. The minimum absolute atomic E-state index is 0.301. The van der Waals surface area contributed by atoms with E-state index in [0.29, 0.717) is 12.1 Å². The fraction of sp³-hybridized carbons (Fsp3) is 0.727. The molecule has 2 rings (SSSR count). The molecule has 0 radical (unpaired) electrons. The normalized spacial score (nSPS) is 23.5. The van der Waals surface area contributed by atoms with Crippen LogP contribution < -0.4 is 0 Å². The Morgan fingerprint density at radius 3 is 3.07 bits per heavy atom. The second kappa shape index (κ2) is 4.77. The van der Waals surface area contributed by atoms with E-state index in [1.807, 2.05) is 18.7 Å². The van der Waals surface area contributed by atoms with Crippen LogP contribution in [0.5, 0.6) is 0 Å². The molecule has 0 bridgehead atoms. The first-order valence-electron chi connectivity index (χ1n) is 5.57. The van der Waals surface area contributed by atoms with E-state index in [1.54, 1.807) is 0 Å². The van der Waals surface area contributed by atoms with Crippen LogP contribution in [0.1, 0.15) is 13.8 Å². The topological polar surface area (TPSA) is 30.3 Å². The van der Waals surface area contributed by atoms with E-state index in [-0.39, 0.29) is 0 Å². The molecule has 1 aromatic rings. The summed E-state index contributed by atoms with van der Waals surface area (Å²) in [7, 11) is 0. The first-order chi connectivity index (χ1) is 7.25. The van der Waals surface area contributed by atoms with Gasteiger partial charge in [0, 0.05) is 31.5 Å². The molecule has 1 saturated heterocycles. The molecular weight excluding hydrogens is 190 g/mol. The molecule has 0 N–H and O–H groups in total. The van der Waals surface area contributed by atoms with Crippen LogP contribution in [0.3, 0.4) is 0 Å². The first-order valence-corrected chi connectivity index (χ1v) is 5.57. The highest BCUT2D eigenvalue weighted by atomic mass is 16.5. The number of aromatic nitrogens is 2. The summed E-state index contributed by atoms with van der Waals surface area (Å²) >= 11 is 0. The van der Waals surface area contributed by atoms with Gasteiger partial charge in [0.15, 0.2) is 0 Å². The van der Waals surface area contributed by atoms with Crippen LogP contribution in [0, 0.1) is 0 Å². The molecule has 2 heterocycles. The predicted molar refractivity (Wildman–Crippen MR) is 58.7 cm³/mol. The van der Waals surface area contributed by atoms with Crippen molar-refractivity contribution in [3.05, 3.63) is 18.7 Å². The van der Waals surface area contributed by atoms with Gasteiger partial charge in [0.1, 0.15) is 0 Å². The average Bonchev–Trinajstić information content (AvgIpc) is 2.71. The van der Waals surface area contributed by atoms with Crippen molar-refractivity contribution in [2.45, 2.75) is 32.5 Å². The lowest BCUT2D eigenvalue weighted by atomic mass is 10.2. The van der Waals surface area contributed by atoms with E-state index >= 15 is 0 Å². The third kappa shape index (κ3) is 2.79. The molecule has 0 saturated carbocycles. The lowest BCUT2D eigenvalue weighted by molar-refractivity contribution is -0.0456. The average molecular weight is 209 g/mol. The van der Waals surface area contributed by atoms with E-state index < -0.39 is 0 Å². The van der Waals surface area contributed by atoms with Gasteiger partial charge >= 0.3 is 0 Å². The summed E-state index contributed by atoms with van der Waals surface area (Å²) in [6.07, 6.45) is 5.94. The molecule has 1 aliphatic rings. The molecule has 1 aromatic heterocycles. The molecule has 0 aliphatic carbocycles. The Hall–Kier alpha value is -0.870. The van der Waals surface area contributed by atoms with Gasteiger partial charge in [0.05, 0.1) is 25.6 Å². The summed E-state index contributed by atoms with van der Waals surface area (Å²) in [5.74, 6) is 0. The monoisotopic (exact) mass is 209 g/mol. The Morgan fingerprint density at radius 2 is 2.40 bits per heavy atom. The van der Waals surface area contributed by atoms with Gasteiger partial charge in [-0.25, -0.2) is 4.98 Å². The fourth-order valence-corrected chi connectivity index (χ4v) is 1.95. The van der Waals surface area contributed by atoms with Crippen LogP contribution in [0.25, 0.3) is 0 Å². The Kier molecular flexibility index (Phi) is 3.38. The zero-order valence-electron chi connectivity index (χ0n) is 9.47. The van der Waals surface area contributed by atoms with Gasteiger partial charge in [-0.1, -0.05) is 0 Å². The molecule has 4 nitrogen and oxygen atoms in total. The lowest BCUT2D eigenvalue weighted by Crippen LogP contribution is -2.47. The number of nitrogens with zero attached hydrogens (tertiary/aromatic N) is 3. The highest BCUT2D eigenvalue weighted by Gasteiger charge is 2.22. The lowest BCUT2D eigenvalue weighted by Gasteiger charge is -2.35. The Labute approximate surface area is 90.9 Å². The maximum Gasteiger partial charge on any atom is 0.0946 e. The van der Waals surface area contributed by atoms with Gasteiger partial charge in [-0.3, -0.25) is 4.90 Å². The Morgan fingerprint density at radius 1 is 1.53 bits per heavy atom. The summed E-state index contributed by atoms with van der Waals surface area (Å²) in [6.45, 7) is 8.30. The van der Waals surface area contributed by atoms with Gasteiger partial charge < -0.3 is 9.30 Å². The van der Waals surface area contributed by atoms with Crippen molar-refractivity contribution in [1.29, 1.82) is 0 Å². The van der Waals surface area contributed by atoms with Crippen molar-refractivity contribution < 1.29 is 4.74 Å². The molecule has 1 atom stereocenters. The van der Waals surface area contributed by atoms with Crippen LogP contribution in [0.2, 0.25) is 0 Å². The summed E-state index contributed by atoms with van der Waals surface area (Å²) in [6, 6.07) is 0.610. The minimum atomic E-state index is 0.301. The van der Waals surface area contributed by atoms with Crippen molar-refractivity contribution in [2.75, 3.05) is 19.7 Å². The third-order valence-corrected chi connectivity index (χ3v) is 2.87. The van der Waals surface area contributed by atoms with Crippen LogP contribution >= 0.6 is 0 Å². The first kappa shape index (κ1) is 10.6. The molecule has 0 aromatic carbocycles. The molecular formula is C11H19N3O. The maximum absolute atomic E-state index is 5.74. The smallest absolute Gasteiger partial charge is 0.0946 e. The molecule has 15 heavy (non-hydrogen) atoms. The number of rotatable bonds is 3. The quantitative estimate of drug-likeness (QED) is 0.743. The van der Waals surface area contributed by atoms with Crippen LogP contribution in [-0.4, -0.2) is 46.3 Å². The van der Waals surface area contributed by atoms with E-state index in [4.69, 9.17) is 4.74 Å². The van der Waals surface area contributed by atoms with Gasteiger partial charge in [0.2, 0.25) is 0 Å². The number of hydrogen-bond donors (Lipinski definition) is 0. The van der Waals surface area contributed by atoms with Crippen molar-refractivity contribution in [3.8, 4) is 0 Å². The number of hydrogen-bond acceptors (Lipinski definition) is 3. The molecule has 1 fully saturated rings. The van der Waals surface area contributed by atoms with E-state index in [1.165, 1.54) is 0 Å². The van der Waals surface area contributed by atoms with E-state index in [2.05, 4.69) is 28.3 Å². The molecule has 4 heteroatoms. The zero-order valence-corrected chi connectivity index (χ0v) is 9.47. The van der Waals surface area contributed by atoms with E-state index in [9.17, 15) is 0 Å². The summed E-state index contributed by atoms with van der Waals surface area (Å²) in [5, 5.41) is 0. The second-order valence-corrected chi connectivity index (χ2v) is 4.34. The van der Waals surface area contributed by atoms with Gasteiger partial charge in [-0.2, -0.15) is 0 Å². The molecule has 0 unspecified atom stereocenters. The zero-order chi connectivity index (χ0) is 10.7. The number of imidazole rings is 1. The van der Waals surface area contributed by atoms with Gasteiger partial charge in [0.25, 0.3) is 0 Å². The molecule has 0 spiro atoms. The SMILES string of the molecule is CC(C)N1CCO[C@H](Cn2ccnc2)C1. The van der Waals surface area contributed by atoms with Crippen molar-refractivity contribution in [3.63, 3.8) is 0 Å². The highest BCUT2D eigenvalue weighted by Crippen LogP contribution is 2.10. The number of morpholine rings is 1. The van der Waals surface area contributed by atoms with Crippen LogP contribution in [0.15, 0.2) is 18.7 Å². The van der Waals surface area contributed by atoms with Crippen LogP contribution in [-0.2, 0) is 11.3 Å². The predicted octanol–water partition coefficient (Wildman–Crippen LogP) is 0.992. The van der Waals surface area contributed by atoms with Crippen LogP contribution in [0.4, 0.5) is 0 Å². The summed E-state index contributed by atoms with van der Waals surface area (Å²) < 4.78 is 7.82. The van der Waals surface area contributed by atoms with Crippen molar-refractivity contribution in [1.82, 2.24) is 14.5 Å². The standard InChI is InChI=1S/C11H19N3O/c1-10(2)14-5-6-15-11(8-14)7-13-4-3-12-9-13/h3-4,9-11H,5-8H2,1-2H3/t11-/m1/s1. The maximum atomic E-state index is 5.74. The minimum Gasteiger partial charge on any atom is -0.374 e. The van der Waals surface area contributed by atoms with Gasteiger partial charge in [-0.05, 0) is 13.8 Å². The highest BCUT2D eigenvalue weighted by molar-refractivity contribution is 4.79. The van der Waals surface area contributed by atoms with Gasteiger partial charge in [-0.15, -0.1) is 0 Å².